The molecule has 112 valence electrons. The number of hydrogen-bond donors (Lipinski definition) is 1. The summed E-state index contributed by atoms with van der Waals surface area (Å²) < 4.78 is 0. The fourth-order valence-corrected chi connectivity index (χ4v) is 2.62. The van der Waals surface area contributed by atoms with Crippen LogP contribution in [-0.4, -0.2) is 30.8 Å². The van der Waals surface area contributed by atoms with Crippen molar-refractivity contribution in [3.63, 3.8) is 0 Å². The van der Waals surface area contributed by atoms with E-state index in [1.807, 2.05) is 42.5 Å². The number of nitrogens with one attached hydrogen (secondary N) is 1. The Morgan fingerprint density at radius 3 is 2.33 bits per heavy atom. The lowest BCUT2D eigenvalue weighted by molar-refractivity contribution is -0.140. The fourth-order valence-electron chi connectivity index (χ4n) is 2.62. The average Bonchev–Trinajstić information content (AvgIpc) is 2.52. The van der Waals surface area contributed by atoms with E-state index in [-0.39, 0.29) is 23.7 Å². The van der Waals surface area contributed by atoms with E-state index in [4.69, 9.17) is 0 Å². The topological polar surface area (TPSA) is 49.4 Å². The summed E-state index contributed by atoms with van der Waals surface area (Å²) in [5.74, 6) is -0.531. The first kappa shape index (κ1) is 15.3. The molecule has 1 aliphatic rings. The van der Waals surface area contributed by atoms with Gasteiger partial charge in [0, 0.05) is 20.6 Å². The molecule has 4 nitrogen and oxygen atoms in total. The second kappa shape index (κ2) is 7.07. The van der Waals surface area contributed by atoms with Crippen molar-refractivity contribution in [2.75, 3.05) is 14.1 Å². The summed E-state index contributed by atoms with van der Waals surface area (Å²) >= 11 is 0. The third-order valence-corrected chi connectivity index (χ3v) is 3.84. The molecule has 2 amide bonds. The van der Waals surface area contributed by atoms with Crippen LogP contribution in [0.4, 0.5) is 0 Å². The van der Waals surface area contributed by atoms with Crippen LogP contribution in [0.3, 0.4) is 0 Å². The molecule has 1 aliphatic carbocycles. The average molecular weight is 286 g/mol. The van der Waals surface area contributed by atoms with E-state index in [1.54, 1.807) is 19.0 Å². The summed E-state index contributed by atoms with van der Waals surface area (Å²) in [6.45, 7) is 0.503. The van der Waals surface area contributed by atoms with Gasteiger partial charge in [-0.2, -0.15) is 0 Å². The minimum Gasteiger partial charge on any atom is -0.352 e. The first-order valence-corrected chi connectivity index (χ1v) is 7.27. The lowest BCUT2D eigenvalue weighted by Crippen LogP contribution is -2.42. The van der Waals surface area contributed by atoms with E-state index < -0.39 is 0 Å². The largest absolute Gasteiger partial charge is 0.352 e. The van der Waals surface area contributed by atoms with E-state index in [2.05, 4.69) is 5.32 Å². The molecule has 0 saturated carbocycles. The van der Waals surface area contributed by atoms with E-state index in [0.717, 1.165) is 5.56 Å². The lowest BCUT2D eigenvalue weighted by atomic mass is 9.81. The molecule has 2 atom stereocenters. The molecule has 0 radical (unpaired) electrons. The maximum atomic E-state index is 12.4. The molecule has 1 N–H and O–H groups in total. The van der Waals surface area contributed by atoms with Gasteiger partial charge in [0.15, 0.2) is 0 Å². The Balaban J connectivity index is 1.99. The van der Waals surface area contributed by atoms with Crippen molar-refractivity contribution in [1.29, 1.82) is 0 Å². The van der Waals surface area contributed by atoms with Crippen LogP contribution >= 0.6 is 0 Å². The van der Waals surface area contributed by atoms with Crippen LogP contribution in [0.25, 0.3) is 0 Å². The Kier molecular flexibility index (Phi) is 5.14. The summed E-state index contributed by atoms with van der Waals surface area (Å²) in [6, 6.07) is 9.79. The van der Waals surface area contributed by atoms with Crippen LogP contribution in [0.2, 0.25) is 0 Å². The molecule has 4 heteroatoms. The number of carbonyl (C=O) groups excluding carboxylic acids is 2. The second-order valence-electron chi connectivity index (χ2n) is 5.59. The summed E-state index contributed by atoms with van der Waals surface area (Å²) in [7, 11) is 3.47. The van der Waals surface area contributed by atoms with Gasteiger partial charge in [0.1, 0.15) is 0 Å². The quantitative estimate of drug-likeness (QED) is 0.860. The third kappa shape index (κ3) is 3.94. The molecule has 0 saturated heterocycles. The molecule has 0 aliphatic heterocycles. The zero-order chi connectivity index (χ0) is 15.2. The van der Waals surface area contributed by atoms with E-state index in [1.165, 1.54) is 0 Å². The predicted molar refractivity (Wildman–Crippen MR) is 82.3 cm³/mol. The smallest absolute Gasteiger partial charge is 0.226 e. The van der Waals surface area contributed by atoms with Crippen molar-refractivity contribution >= 4 is 11.8 Å². The number of rotatable bonds is 4. The molecular weight excluding hydrogens is 264 g/mol. The number of carbonyl (C=O) groups is 2. The predicted octanol–water partition coefficient (Wildman–Crippen LogP) is 1.97. The van der Waals surface area contributed by atoms with Gasteiger partial charge in [-0.15, -0.1) is 0 Å². The highest BCUT2D eigenvalue weighted by Crippen LogP contribution is 2.27. The number of hydrogen-bond acceptors (Lipinski definition) is 2. The van der Waals surface area contributed by atoms with Gasteiger partial charge in [0.25, 0.3) is 0 Å². The van der Waals surface area contributed by atoms with Crippen molar-refractivity contribution in [3.8, 4) is 0 Å². The van der Waals surface area contributed by atoms with Crippen LogP contribution in [-0.2, 0) is 16.1 Å². The molecule has 2 rings (SSSR count). The van der Waals surface area contributed by atoms with Crippen LogP contribution in [0.5, 0.6) is 0 Å². The summed E-state index contributed by atoms with van der Waals surface area (Å²) in [6.07, 6.45) is 5.25. The Morgan fingerprint density at radius 1 is 1.10 bits per heavy atom. The maximum absolute atomic E-state index is 12.4. The van der Waals surface area contributed by atoms with Crippen LogP contribution in [0.1, 0.15) is 18.4 Å². The van der Waals surface area contributed by atoms with Crippen molar-refractivity contribution in [1.82, 2.24) is 10.2 Å². The van der Waals surface area contributed by atoms with Gasteiger partial charge in [-0.05, 0) is 18.4 Å². The lowest BCUT2D eigenvalue weighted by Gasteiger charge is -2.28. The zero-order valence-corrected chi connectivity index (χ0v) is 12.6. The number of amides is 2. The first-order valence-electron chi connectivity index (χ1n) is 7.27. The third-order valence-electron chi connectivity index (χ3n) is 3.84. The van der Waals surface area contributed by atoms with Crippen molar-refractivity contribution < 1.29 is 9.59 Å². The summed E-state index contributed by atoms with van der Waals surface area (Å²) in [4.78, 5) is 26.2. The van der Waals surface area contributed by atoms with Gasteiger partial charge < -0.3 is 10.2 Å². The second-order valence-corrected chi connectivity index (χ2v) is 5.59. The van der Waals surface area contributed by atoms with Gasteiger partial charge in [-0.3, -0.25) is 9.59 Å². The van der Waals surface area contributed by atoms with Crippen LogP contribution < -0.4 is 5.32 Å². The van der Waals surface area contributed by atoms with Gasteiger partial charge in [0.05, 0.1) is 11.8 Å². The SMILES string of the molecule is CN(C)C(=O)C1CC=CCC1C(=O)NCc1ccccc1. The first-order chi connectivity index (χ1) is 10.1. The standard InChI is InChI=1S/C17H22N2O2/c1-19(2)17(21)15-11-7-6-10-14(15)16(20)18-12-13-8-4-3-5-9-13/h3-9,14-15H,10-12H2,1-2H3,(H,18,20). The van der Waals surface area contributed by atoms with Gasteiger partial charge >= 0.3 is 0 Å². The molecule has 1 aromatic carbocycles. The molecule has 0 spiro atoms. The van der Waals surface area contributed by atoms with Crippen molar-refractivity contribution in [3.05, 3.63) is 48.0 Å². The van der Waals surface area contributed by atoms with Gasteiger partial charge in [-0.1, -0.05) is 42.5 Å². The van der Waals surface area contributed by atoms with E-state index in [0.29, 0.717) is 19.4 Å². The maximum Gasteiger partial charge on any atom is 0.226 e. The van der Waals surface area contributed by atoms with Crippen molar-refractivity contribution in [2.24, 2.45) is 11.8 Å². The summed E-state index contributed by atoms with van der Waals surface area (Å²) in [5.41, 5.74) is 1.06. The Hall–Kier alpha value is -2.10. The molecule has 0 fully saturated rings. The highest BCUT2D eigenvalue weighted by atomic mass is 16.2. The number of allylic oxidation sites excluding steroid dienone is 2. The van der Waals surface area contributed by atoms with Gasteiger partial charge in [-0.25, -0.2) is 0 Å². The molecule has 0 heterocycles. The summed E-state index contributed by atoms with van der Waals surface area (Å²) in [5, 5.41) is 2.95. The molecule has 0 bridgehead atoms. The monoisotopic (exact) mass is 286 g/mol. The van der Waals surface area contributed by atoms with E-state index in [9.17, 15) is 9.59 Å². The molecular formula is C17H22N2O2. The minimum atomic E-state index is -0.270. The minimum absolute atomic E-state index is 0.0270. The molecule has 1 aromatic rings. The Bertz CT molecular complexity index is 523. The number of nitrogens with zero attached hydrogens (tertiary/aromatic N) is 1. The van der Waals surface area contributed by atoms with Crippen LogP contribution in [0.15, 0.2) is 42.5 Å². The number of benzene rings is 1. The molecule has 2 unspecified atom stereocenters. The normalized spacial score (nSPS) is 20.9. The zero-order valence-electron chi connectivity index (χ0n) is 12.6. The Morgan fingerprint density at radius 2 is 1.71 bits per heavy atom. The molecule has 0 aromatic heterocycles. The highest BCUT2D eigenvalue weighted by molar-refractivity contribution is 5.88. The van der Waals surface area contributed by atoms with Crippen molar-refractivity contribution in [2.45, 2.75) is 19.4 Å². The fraction of sp³-hybridized carbons (Fsp3) is 0.412. The van der Waals surface area contributed by atoms with E-state index >= 15 is 0 Å². The molecule has 21 heavy (non-hydrogen) atoms. The van der Waals surface area contributed by atoms with Gasteiger partial charge in [0.2, 0.25) is 11.8 Å². The highest BCUT2D eigenvalue weighted by Gasteiger charge is 2.34. The van der Waals surface area contributed by atoms with Crippen LogP contribution in [0, 0.1) is 11.8 Å². The Labute approximate surface area is 125 Å².